The Labute approximate surface area is 208 Å². The minimum absolute atomic E-state index is 0.0190. The van der Waals surface area contributed by atoms with Gasteiger partial charge in [0.05, 0.1) is 12.2 Å². The average molecular weight is 493 g/mol. The smallest absolute Gasteiger partial charge is 0.317 e. The van der Waals surface area contributed by atoms with Gasteiger partial charge in [-0.3, -0.25) is 4.79 Å². The van der Waals surface area contributed by atoms with Gasteiger partial charge in [0.15, 0.2) is 0 Å². The van der Waals surface area contributed by atoms with Crippen LogP contribution in [0, 0.1) is 0 Å². The van der Waals surface area contributed by atoms with Crippen LogP contribution in [0.2, 0.25) is 5.02 Å². The predicted octanol–water partition coefficient (Wildman–Crippen LogP) is 3.60. The van der Waals surface area contributed by atoms with E-state index in [1.807, 2.05) is 42.5 Å². The summed E-state index contributed by atoms with van der Waals surface area (Å²) in [5.74, 6) is 0.352. The SMILES string of the molecule is O=CCNC(=O)N1CCCN(C(=O)c2ccc(Nc3nccc(-c4ccc(Cl)cc4)n3)cc2)CC1. The second-order valence-corrected chi connectivity index (χ2v) is 8.40. The van der Waals surface area contributed by atoms with Gasteiger partial charge in [-0.05, 0) is 48.9 Å². The van der Waals surface area contributed by atoms with Crippen molar-refractivity contribution in [3.05, 3.63) is 71.4 Å². The van der Waals surface area contributed by atoms with Gasteiger partial charge in [-0.25, -0.2) is 14.8 Å². The quantitative estimate of drug-likeness (QED) is 0.509. The minimum atomic E-state index is -0.288. The number of carbonyl (C=O) groups excluding carboxylic acids is 3. The molecule has 35 heavy (non-hydrogen) atoms. The van der Waals surface area contributed by atoms with Crippen molar-refractivity contribution in [3.8, 4) is 11.3 Å². The van der Waals surface area contributed by atoms with Crippen LogP contribution >= 0.6 is 11.6 Å². The molecule has 1 aliphatic heterocycles. The standard InChI is InChI=1S/C25H25ClN6O3/c26-20-6-2-18(3-7-20)22-10-11-27-24(30-22)29-21-8-4-19(5-9-21)23(34)31-13-1-14-32(16-15-31)25(35)28-12-17-33/h2-11,17H,1,12-16H2,(H,28,35)(H,27,29,30). The molecular formula is C25H25ClN6O3. The molecule has 0 bridgehead atoms. The molecule has 0 atom stereocenters. The van der Waals surface area contributed by atoms with Gasteiger partial charge in [-0.1, -0.05) is 23.7 Å². The molecule has 0 aliphatic carbocycles. The Balaban J connectivity index is 1.37. The number of urea groups is 1. The van der Waals surface area contributed by atoms with Crippen LogP contribution in [0.25, 0.3) is 11.3 Å². The molecule has 180 valence electrons. The first kappa shape index (κ1) is 24.2. The van der Waals surface area contributed by atoms with Crippen LogP contribution in [0.1, 0.15) is 16.8 Å². The molecule has 4 rings (SSSR count). The molecule has 1 aliphatic rings. The molecule has 3 aromatic rings. The van der Waals surface area contributed by atoms with Gasteiger partial charge in [0.25, 0.3) is 5.91 Å². The summed E-state index contributed by atoms with van der Waals surface area (Å²) in [7, 11) is 0. The van der Waals surface area contributed by atoms with Crippen LogP contribution in [0.5, 0.6) is 0 Å². The monoisotopic (exact) mass is 492 g/mol. The van der Waals surface area contributed by atoms with Crippen LogP contribution in [-0.4, -0.2) is 70.7 Å². The Morgan fingerprint density at radius 1 is 0.943 bits per heavy atom. The average Bonchev–Trinajstić information content (AvgIpc) is 3.14. The second-order valence-electron chi connectivity index (χ2n) is 7.96. The molecule has 1 fully saturated rings. The summed E-state index contributed by atoms with van der Waals surface area (Å²) >= 11 is 5.97. The van der Waals surface area contributed by atoms with Crippen molar-refractivity contribution in [3.63, 3.8) is 0 Å². The summed E-state index contributed by atoms with van der Waals surface area (Å²) in [6.45, 7) is 1.92. The Bertz CT molecular complexity index is 1190. The van der Waals surface area contributed by atoms with E-state index in [0.29, 0.717) is 55.4 Å². The Morgan fingerprint density at radius 3 is 2.40 bits per heavy atom. The molecule has 2 heterocycles. The maximum Gasteiger partial charge on any atom is 0.317 e. The number of nitrogens with zero attached hydrogens (tertiary/aromatic N) is 4. The maximum atomic E-state index is 13.0. The van der Waals surface area contributed by atoms with Gasteiger partial charge < -0.3 is 25.2 Å². The van der Waals surface area contributed by atoms with Crippen molar-refractivity contribution in [2.45, 2.75) is 6.42 Å². The highest BCUT2D eigenvalue weighted by Crippen LogP contribution is 2.22. The number of carbonyl (C=O) groups is 3. The first-order valence-corrected chi connectivity index (χ1v) is 11.6. The lowest BCUT2D eigenvalue weighted by molar-refractivity contribution is -0.107. The fourth-order valence-corrected chi connectivity index (χ4v) is 3.90. The minimum Gasteiger partial charge on any atom is -0.337 e. The molecule has 2 aromatic carbocycles. The Kier molecular flexibility index (Phi) is 7.89. The third kappa shape index (κ3) is 6.33. The zero-order valence-electron chi connectivity index (χ0n) is 19.0. The molecule has 10 heteroatoms. The van der Waals surface area contributed by atoms with E-state index < -0.39 is 0 Å². The van der Waals surface area contributed by atoms with Gasteiger partial charge in [0.2, 0.25) is 5.95 Å². The van der Waals surface area contributed by atoms with Gasteiger partial charge >= 0.3 is 6.03 Å². The molecule has 0 saturated carbocycles. The first-order chi connectivity index (χ1) is 17.0. The van der Waals surface area contributed by atoms with Crippen molar-refractivity contribution in [1.29, 1.82) is 0 Å². The van der Waals surface area contributed by atoms with E-state index >= 15 is 0 Å². The molecule has 1 aromatic heterocycles. The number of benzene rings is 2. The molecular weight excluding hydrogens is 468 g/mol. The predicted molar refractivity (Wildman–Crippen MR) is 134 cm³/mol. The highest BCUT2D eigenvalue weighted by atomic mass is 35.5. The number of aromatic nitrogens is 2. The van der Waals surface area contributed by atoms with Crippen LogP contribution < -0.4 is 10.6 Å². The largest absolute Gasteiger partial charge is 0.337 e. The number of hydrogen-bond acceptors (Lipinski definition) is 6. The molecule has 9 nitrogen and oxygen atoms in total. The molecule has 0 spiro atoms. The third-order valence-corrected chi connectivity index (χ3v) is 5.84. The summed E-state index contributed by atoms with van der Waals surface area (Å²) in [4.78, 5) is 47.8. The number of anilines is 2. The fourth-order valence-electron chi connectivity index (χ4n) is 3.77. The lowest BCUT2D eigenvalue weighted by Crippen LogP contribution is -2.43. The Hall–Kier alpha value is -3.98. The van der Waals surface area contributed by atoms with Crippen LogP contribution in [0.4, 0.5) is 16.4 Å². The molecule has 0 radical (unpaired) electrons. The van der Waals surface area contributed by atoms with Crippen molar-refractivity contribution >= 4 is 41.5 Å². The normalized spacial score (nSPS) is 13.6. The van der Waals surface area contributed by atoms with Crippen LogP contribution in [-0.2, 0) is 4.79 Å². The van der Waals surface area contributed by atoms with Crippen molar-refractivity contribution < 1.29 is 14.4 Å². The topological polar surface area (TPSA) is 108 Å². The number of aldehydes is 1. The summed E-state index contributed by atoms with van der Waals surface area (Å²) < 4.78 is 0. The first-order valence-electron chi connectivity index (χ1n) is 11.3. The van der Waals surface area contributed by atoms with Crippen molar-refractivity contribution in [1.82, 2.24) is 25.1 Å². The number of halogens is 1. The fraction of sp³-hybridized carbons (Fsp3) is 0.240. The molecule has 0 unspecified atom stereocenters. The lowest BCUT2D eigenvalue weighted by atomic mass is 10.1. The molecule has 1 saturated heterocycles. The van der Waals surface area contributed by atoms with E-state index in [1.165, 1.54) is 0 Å². The lowest BCUT2D eigenvalue weighted by Gasteiger charge is -2.22. The number of amides is 3. The van der Waals surface area contributed by atoms with E-state index in [1.54, 1.807) is 28.1 Å². The number of rotatable bonds is 6. The summed E-state index contributed by atoms with van der Waals surface area (Å²) in [6.07, 6.45) is 2.99. The highest BCUT2D eigenvalue weighted by Gasteiger charge is 2.22. The van der Waals surface area contributed by atoms with E-state index in [9.17, 15) is 14.4 Å². The molecule has 2 N–H and O–H groups in total. The summed E-state index contributed by atoms with van der Waals surface area (Å²) in [6, 6.07) is 16.1. The summed E-state index contributed by atoms with van der Waals surface area (Å²) in [5.41, 5.74) is 3.01. The highest BCUT2D eigenvalue weighted by molar-refractivity contribution is 6.30. The van der Waals surface area contributed by atoms with Gasteiger partial charge in [-0.15, -0.1) is 0 Å². The van der Waals surface area contributed by atoms with Gasteiger partial charge in [-0.2, -0.15) is 0 Å². The number of hydrogen-bond donors (Lipinski definition) is 2. The van der Waals surface area contributed by atoms with Gasteiger partial charge in [0, 0.05) is 54.2 Å². The Morgan fingerprint density at radius 2 is 1.66 bits per heavy atom. The van der Waals surface area contributed by atoms with E-state index in [-0.39, 0.29) is 18.5 Å². The van der Waals surface area contributed by atoms with E-state index in [4.69, 9.17) is 11.6 Å². The summed E-state index contributed by atoms with van der Waals surface area (Å²) in [5, 5.41) is 6.37. The van der Waals surface area contributed by atoms with Crippen molar-refractivity contribution in [2.75, 3.05) is 38.0 Å². The van der Waals surface area contributed by atoms with Crippen LogP contribution in [0.3, 0.4) is 0 Å². The van der Waals surface area contributed by atoms with E-state index in [0.717, 1.165) is 16.9 Å². The maximum absolute atomic E-state index is 13.0. The number of nitrogens with one attached hydrogen (secondary N) is 2. The zero-order chi connectivity index (χ0) is 24.6. The molecule has 3 amide bonds. The van der Waals surface area contributed by atoms with E-state index in [2.05, 4.69) is 20.6 Å². The third-order valence-electron chi connectivity index (χ3n) is 5.59. The van der Waals surface area contributed by atoms with Crippen LogP contribution in [0.15, 0.2) is 60.8 Å². The zero-order valence-corrected chi connectivity index (χ0v) is 19.7. The van der Waals surface area contributed by atoms with Crippen molar-refractivity contribution in [2.24, 2.45) is 0 Å². The second kappa shape index (κ2) is 11.4. The van der Waals surface area contributed by atoms with Gasteiger partial charge in [0.1, 0.15) is 6.29 Å².